The van der Waals surface area contributed by atoms with Gasteiger partial charge in [0.15, 0.2) is 0 Å². The van der Waals surface area contributed by atoms with E-state index in [0.717, 1.165) is 49.3 Å². The quantitative estimate of drug-likeness (QED) is 0.460. The summed E-state index contributed by atoms with van der Waals surface area (Å²) in [7, 11) is 0. The van der Waals surface area contributed by atoms with Crippen molar-refractivity contribution in [1.82, 2.24) is 19.4 Å². The number of hydrogen-bond acceptors (Lipinski definition) is 4. The Labute approximate surface area is 202 Å². The molecule has 1 aliphatic rings. The number of para-hydroxylation sites is 1. The molecule has 1 aliphatic heterocycles. The van der Waals surface area contributed by atoms with Crippen LogP contribution in [0.2, 0.25) is 0 Å². The Balaban J connectivity index is 1.60. The zero-order valence-corrected chi connectivity index (χ0v) is 20.6. The molecule has 2 heterocycles. The van der Waals surface area contributed by atoms with Gasteiger partial charge in [-0.15, -0.1) is 0 Å². The van der Waals surface area contributed by atoms with Crippen molar-refractivity contribution in [2.75, 3.05) is 19.6 Å². The topological polar surface area (TPSA) is 58.4 Å². The third-order valence-electron chi connectivity index (χ3n) is 6.97. The Bertz CT molecular complexity index is 1170. The molecular weight excluding hydrogens is 424 g/mol. The number of hydrogen-bond donors (Lipinski definition) is 0. The molecule has 0 N–H and O–H groups in total. The zero-order valence-electron chi connectivity index (χ0n) is 20.6. The van der Waals surface area contributed by atoms with Crippen LogP contribution in [0.25, 0.3) is 10.9 Å². The van der Waals surface area contributed by atoms with E-state index in [0.29, 0.717) is 24.9 Å². The number of carbonyl (C=O) groups is 1. The van der Waals surface area contributed by atoms with Crippen LogP contribution in [-0.4, -0.2) is 50.9 Å². The first-order chi connectivity index (χ1) is 16.5. The standard InChI is InChI=1S/C28H36N4O2/c1-4-5-7-16-26(33)31-18-17-30(19-21(31)2)22(3)27-29-25-15-11-10-14-24(25)28(34)32(27)20-23-12-8-6-9-13-23/h6,8-15,21-22H,4-5,7,16-20H2,1-3H3. The van der Waals surface area contributed by atoms with Gasteiger partial charge < -0.3 is 4.90 Å². The van der Waals surface area contributed by atoms with Crippen LogP contribution < -0.4 is 5.56 Å². The van der Waals surface area contributed by atoms with Crippen LogP contribution in [0.4, 0.5) is 0 Å². The van der Waals surface area contributed by atoms with Crippen molar-refractivity contribution in [3.63, 3.8) is 0 Å². The van der Waals surface area contributed by atoms with Crippen LogP contribution in [0.1, 0.15) is 63.9 Å². The van der Waals surface area contributed by atoms with Crippen molar-refractivity contribution in [3.05, 3.63) is 76.3 Å². The van der Waals surface area contributed by atoms with Crippen molar-refractivity contribution in [3.8, 4) is 0 Å². The molecule has 1 saturated heterocycles. The minimum absolute atomic E-state index is 0.00547. The van der Waals surface area contributed by atoms with Gasteiger partial charge in [0.1, 0.15) is 5.82 Å². The molecule has 180 valence electrons. The van der Waals surface area contributed by atoms with Crippen molar-refractivity contribution in [1.29, 1.82) is 0 Å². The van der Waals surface area contributed by atoms with E-state index in [1.165, 1.54) is 0 Å². The maximum absolute atomic E-state index is 13.5. The van der Waals surface area contributed by atoms with Crippen LogP contribution >= 0.6 is 0 Å². The highest BCUT2D eigenvalue weighted by Gasteiger charge is 2.31. The second-order valence-corrected chi connectivity index (χ2v) is 9.43. The van der Waals surface area contributed by atoms with Gasteiger partial charge in [0.05, 0.1) is 23.5 Å². The van der Waals surface area contributed by atoms with Crippen LogP contribution in [-0.2, 0) is 11.3 Å². The van der Waals surface area contributed by atoms with Crippen molar-refractivity contribution >= 4 is 16.8 Å². The number of benzene rings is 2. The minimum atomic E-state index is -0.0409. The van der Waals surface area contributed by atoms with E-state index in [1.807, 2.05) is 64.1 Å². The Morgan fingerprint density at radius 1 is 1.06 bits per heavy atom. The average molecular weight is 461 g/mol. The lowest BCUT2D eigenvalue weighted by Crippen LogP contribution is -2.54. The highest BCUT2D eigenvalue weighted by molar-refractivity contribution is 5.77. The Hall–Kier alpha value is -2.99. The molecule has 4 rings (SSSR count). The van der Waals surface area contributed by atoms with E-state index in [1.54, 1.807) is 0 Å². The van der Waals surface area contributed by atoms with E-state index in [-0.39, 0.29) is 23.6 Å². The van der Waals surface area contributed by atoms with Crippen molar-refractivity contribution in [2.45, 2.75) is 65.1 Å². The molecule has 6 nitrogen and oxygen atoms in total. The third-order valence-corrected chi connectivity index (χ3v) is 6.97. The molecule has 0 aliphatic carbocycles. The highest BCUT2D eigenvalue weighted by atomic mass is 16.2. The van der Waals surface area contributed by atoms with Crippen LogP contribution in [0.15, 0.2) is 59.4 Å². The SMILES string of the molecule is CCCCCC(=O)N1CCN(C(C)c2nc3ccccc3c(=O)n2Cc2ccccc2)CC1C. The smallest absolute Gasteiger partial charge is 0.261 e. The van der Waals surface area contributed by atoms with Gasteiger partial charge in [-0.3, -0.25) is 19.1 Å². The number of fused-ring (bicyclic) bond motifs is 1. The molecule has 0 spiro atoms. The summed E-state index contributed by atoms with van der Waals surface area (Å²) in [6.07, 6.45) is 3.82. The molecule has 2 atom stereocenters. The summed E-state index contributed by atoms with van der Waals surface area (Å²) < 4.78 is 1.83. The second-order valence-electron chi connectivity index (χ2n) is 9.43. The molecule has 2 aromatic carbocycles. The molecule has 2 unspecified atom stereocenters. The molecule has 0 bridgehead atoms. The molecule has 3 aromatic rings. The maximum atomic E-state index is 13.5. The molecule has 1 amide bonds. The fraction of sp³-hybridized carbons (Fsp3) is 0.464. The number of amides is 1. The van der Waals surface area contributed by atoms with Gasteiger partial charge >= 0.3 is 0 Å². The average Bonchev–Trinajstić information content (AvgIpc) is 2.86. The summed E-state index contributed by atoms with van der Waals surface area (Å²) in [6, 6.07) is 17.7. The Morgan fingerprint density at radius 2 is 1.79 bits per heavy atom. The molecule has 0 radical (unpaired) electrons. The summed E-state index contributed by atoms with van der Waals surface area (Å²) >= 11 is 0. The van der Waals surface area contributed by atoms with Gasteiger partial charge in [-0.05, 0) is 38.0 Å². The number of aromatic nitrogens is 2. The van der Waals surface area contributed by atoms with E-state index < -0.39 is 0 Å². The second kappa shape index (κ2) is 11.0. The lowest BCUT2D eigenvalue weighted by atomic mass is 10.1. The first kappa shape index (κ1) is 24.1. The fourth-order valence-electron chi connectivity index (χ4n) is 4.96. The van der Waals surface area contributed by atoms with Gasteiger partial charge in [0.2, 0.25) is 5.91 Å². The number of piperazine rings is 1. The summed E-state index contributed by atoms with van der Waals surface area (Å²) in [4.78, 5) is 35.6. The Kier molecular flexibility index (Phi) is 7.78. The normalized spacial score (nSPS) is 17.7. The maximum Gasteiger partial charge on any atom is 0.261 e. The first-order valence-electron chi connectivity index (χ1n) is 12.6. The number of rotatable bonds is 8. The van der Waals surface area contributed by atoms with Crippen LogP contribution in [0.5, 0.6) is 0 Å². The molecule has 6 heteroatoms. The lowest BCUT2D eigenvalue weighted by Gasteiger charge is -2.42. The van der Waals surface area contributed by atoms with Gasteiger partial charge in [0, 0.05) is 32.1 Å². The number of carbonyl (C=O) groups excluding carboxylic acids is 1. The monoisotopic (exact) mass is 460 g/mol. The summed E-state index contributed by atoms with van der Waals surface area (Å²) in [5.74, 6) is 1.04. The van der Waals surface area contributed by atoms with Crippen molar-refractivity contribution in [2.24, 2.45) is 0 Å². The van der Waals surface area contributed by atoms with Gasteiger partial charge in [-0.2, -0.15) is 0 Å². The molecule has 0 saturated carbocycles. The highest BCUT2D eigenvalue weighted by Crippen LogP contribution is 2.24. The molecule has 1 fully saturated rings. The van der Waals surface area contributed by atoms with E-state index in [2.05, 4.69) is 25.7 Å². The van der Waals surface area contributed by atoms with E-state index in [4.69, 9.17) is 4.98 Å². The predicted octanol–water partition coefficient (Wildman–Crippen LogP) is 4.62. The van der Waals surface area contributed by atoms with E-state index >= 15 is 0 Å². The third kappa shape index (κ3) is 5.22. The number of unbranched alkanes of at least 4 members (excludes halogenated alkanes) is 2. The van der Waals surface area contributed by atoms with Gasteiger partial charge in [-0.1, -0.05) is 62.2 Å². The predicted molar refractivity (Wildman–Crippen MR) is 137 cm³/mol. The largest absolute Gasteiger partial charge is 0.337 e. The first-order valence-corrected chi connectivity index (χ1v) is 12.6. The number of nitrogens with zero attached hydrogens (tertiary/aromatic N) is 4. The van der Waals surface area contributed by atoms with Crippen LogP contribution in [0.3, 0.4) is 0 Å². The lowest BCUT2D eigenvalue weighted by molar-refractivity contribution is -0.136. The molecule has 1 aromatic heterocycles. The minimum Gasteiger partial charge on any atom is -0.337 e. The zero-order chi connectivity index (χ0) is 24.1. The Morgan fingerprint density at radius 3 is 2.53 bits per heavy atom. The fourth-order valence-corrected chi connectivity index (χ4v) is 4.96. The van der Waals surface area contributed by atoms with E-state index in [9.17, 15) is 9.59 Å². The summed E-state index contributed by atoms with van der Waals surface area (Å²) in [6.45, 7) is 9.17. The van der Waals surface area contributed by atoms with Crippen LogP contribution in [0, 0.1) is 0 Å². The molecular formula is C28H36N4O2. The summed E-state index contributed by atoms with van der Waals surface area (Å²) in [5, 5.41) is 0.644. The van der Waals surface area contributed by atoms with Crippen molar-refractivity contribution < 1.29 is 4.79 Å². The van der Waals surface area contributed by atoms with Gasteiger partial charge in [-0.25, -0.2) is 4.98 Å². The van der Waals surface area contributed by atoms with Gasteiger partial charge in [0.25, 0.3) is 5.56 Å². The summed E-state index contributed by atoms with van der Waals surface area (Å²) in [5.41, 5.74) is 1.80. The molecule has 34 heavy (non-hydrogen) atoms.